The smallest absolute Gasteiger partial charge is 0.248 e. The zero-order chi connectivity index (χ0) is 13.3. The first-order valence-corrected chi connectivity index (χ1v) is 5.42. The van der Waals surface area contributed by atoms with Crippen molar-refractivity contribution in [3.8, 4) is 0 Å². The predicted octanol–water partition coefficient (Wildman–Crippen LogP) is -1.67. The third-order valence-corrected chi connectivity index (χ3v) is 2.90. The summed E-state index contributed by atoms with van der Waals surface area (Å²) in [6, 6.07) is 2.83. The molecular formula is C11H14N2O5. The normalized spacial score (nSPS) is 31.5. The highest BCUT2D eigenvalue weighted by Crippen LogP contribution is 2.32. The lowest BCUT2D eigenvalue weighted by Crippen LogP contribution is -2.32. The van der Waals surface area contributed by atoms with Crippen molar-refractivity contribution in [3.63, 3.8) is 0 Å². The van der Waals surface area contributed by atoms with Crippen LogP contribution in [0, 0.1) is 0 Å². The minimum Gasteiger partial charge on any atom is -0.394 e. The van der Waals surface area contributed by atoms with E-state index in [9.17, 15) is 15.0 Å². The summed E-state index contributed by atoms with van der Waals surface area (Å²) >= 11 is 0. The van der Waals surface area contributed by atoms with Gasteiger partial charge in [0.05, 0.1) is 12.3 Å². The number of hydrogen-bond donors (Lipinski definition) is 4. The number of aliphatic hydroxyl groups excluding tert-OH is 3. The number of pyridine rings is 1. The molecule has 0 saturated carbocycles. The van der Waals surface area contributed by atoms with Crippen LogP contribution >= 0.6 is 0 Å². The Balaban J connectivity index is 2.27. The number of rotatable bonds is 3. The minimum absolute atomic E-state index is 0.234. The molecule has 4 atom stereocenters. The number of hydrogen-bond acceptors (Lipinski definition) is 6. The van der Waals surface area contributed by atoms with E-state index in [0.717, 1.165) is 0 Å². The summed E-state index contributed by atoms with van der Waals surface area (Å²) in [4.78, 5) is 15.0. The van der Waals surface area contributed by atoms with Crippen molar-refractivity contribution in [1.82, 2.24) is 4.98 Å². The molecular weight excluding hydrogens is 240 g/mol. The predicted molar refractivity (Wildman–Crippen MR) is 59.5 cm³/mol. The second-order valence-electron chi connectivity index (χ2n) is 4.09. The molecule has 2 unspecified atom stereocenters. The summed E-state index contributed by atoms with van der Waals surface area (Å²) in [7, 11) is 0. The van der Waals surface area contributed by atoms with Gasteiger partial charge >= 0.3 is 0 Å². The lowest BCUT2D eigenvalue weighted by molar-refractivity contribution is -0.0239. The maximum Gasteiger partial charge on any atom is 0.248 e. The van der Waals surface area contributed by atoms with Gasteiger partial charge in [-0.2, -0.15) is 0 Å². The topological polar surface area (TPSA) is 126 Å². The quantitative estimate of drug-likeness (QED) is 0.511. The van der Waals surface area contributed by atoms with Gasteiger partial charge in [0.15, 0.2) is 0 Å². The number of carbonyl (C=O) groups excluding carboxylic acids is 1. The first-order chi connectivity index (χ1) is 8.54. The fraction of sp³-hybridized carbons (Fsp3) is 0.455. The van der Waals surface area contributed by atoms with Crippen molar-refractivity contribution in [2.45, 2.75) is 24.4 Å². The molecule has 2 rings (SSSR count). The molecule has 0 spiro atoms. The molecule has 5 N–H and O–H groups in total. The summed E-state index contributed by atoms with van der Waals surface area (Å²) in [5, 5.41) is 28.4. The van der Waals surface area contributed by atoms with Gasteiger partial charge in [0.1, 0.15) is 24.4 Å². The van der Waals surface area contributed by atoms with E-state index < -0.39 is 36.9 Å². The Kier molecular flexibility index (Phi) is 3.58. The Morgan fingerprint density at radius 1 is 1.44 bits per heavy atom. The number of nitrogens with zero attached hydrogens (tertiary/aromatic N) is 1. The van der Waals surface area contributed by atoms with E-state index in [2.05, 4.69) is 4.98 Å². The summed E-state index contributed by atoms with van der Waals surface area (Å²) < 4.78 is 5.29. The highest BCUT2D eigenvalue weighted by atomic mass is 16.6. The second kappa shape index (κ2) is 4.99. The largest absolute Gasteiger partial charge is 0.394 e. The van der Waals surface area contributed by atoms with Crippen molar-refractivity contribution in [3.05, 3.63) is 29.6 Å². The number of ether oxygens (including phenoxy) is 1. The number of nitrogens with two attached hydrogens (primary N) is 1. The van der Waals surface area contributed by atoms with Gasteiger partial charge in [0, 0.05) is 11.8 Å². The molecule has 1 aromatic heterocycles. The van der Waals surface area contributed by atoms with Crippen LogP contribution in [0.25, 0.3) is 0 Å². The van der Waals surface area contributed by atoms with Gasteiger partial charge in [-0.3, -0.25) is 9.78 Å². The minimum atomic E-state index is -1.21. The number of primary amides is 1. The van der Waals surface area contributed by atoms with E-state index in [-0.39, 0.29) is 11.3 Å². The Morgan fingerprint density at radius 2 is 2.17 bits per heavy atom. The third kappa shape index (κ3) is 2.21. The molecule has 1 aliphatic rings. The molecule has 0 bridgehead atoms. The van der Waals surface area contributed by atoms with E-state index in [0.29, 0.717) is 0 Å². The van der Waals surface area contributed by atoms with Crippen LogP contribution in [0.5, 0.6) is 0 Å². The van der Waals surface area contributed by atoms with E-state index in [1.807, 2.05) is 0 Å². The Bertz CT molecular complexity index is 453. The molecule has 7 nitrogen and oxygen atoms in total. The summed E-state index contributed by atoms with van der Waals surface area (Å²) in [5.74, 6) is -0.620. The number of aliphatic hydroxyl groups is 3. The highest BCUT2D eigenvalue weighted by molar-refractivity contribution is 5.92. The number of amides is 1. The van der Waals surface area contributed by atoms with Crippen LogP contribution in [0.1, 0.15) is 22.2 Å². The fourth-order valence-electron chi connectivity index (χ4n) is 1.90. The van der Waals surface area contributed by atoms with Crippen molar-refractivity contribution < 1.29 is 24.9 Å². The standard InChI is InChI=1S/C11H14N2O5/c12-11(17)5-1-2-13-6(3-5)10-9(16)8(15)7(4-14)18-10/h1-3,7-10,14-16H,4H2,(H2,12,17)/t7-,8?,9?,10+/m1/s1. The monoisotopic (exact) mass is 254 g/mol. The van der Waals surface area contributed by atoms with Crippen molar-refractivity contribution in [2.75, 3.05) is 6.61 Å². The fourth-order valence-corrected chi connectivity index (χ4v) is 1.90. The highest BCUT2D eigenvalue weighted by Gasteiger charge is 2.43. The zero-order valence-electron chi connectivity index (χ0n) is 9.43. The van der Waals surface area contributed by atoms with Crippen LogP contribution in [0.3, 0.4) is 0 Å². The first-order valence-electron chi connectivity index (χ1n) is 5.42. The van der Waals surface area contributed by atoms with Crippen molar-refractivity contribution >= 4 is 5.91 Å². The number of carbonyl (C=O) groups is 1. The first kappa shape index (κ1) is 12.9. The molecule has 0 aliphatic carbocycles. The summed E-state index contributed by atoms with van der Waals surface area (Å²) in [6.07, 6.45) is -2.80. The van der Waals surface area contributed by atoms with Gasteiger partial charge in [-0.1, -0.05) is 0 Å². The maximum absolute atomic E-state index is 11.0. The molecule has 7 heteroatoms. The number of aromatic nitrogens is 1. The molecule has 18 heavy (non-hydrogen) atoms. The van der Waals surface area contributed by atoms with Gasteiger partial charge in [0.2, 0.25) is 5.91 Å². The molecule has 0 aromatic carbocycles. The Morgan fingerprint density at radius 3 is 2.72 bits per heavy atom. The molecule has 1 amide bonds. The van der Waals surface area contributed by atoms with Crippen LogP contribution in [-0.2, 0) is 4.74 Å². The van der Waals surface area contributed by atoms with Gasteiger partial charge in [-0.25, -0.2) is 0 Å². The lowest BCUT2D eigenvalue weighted by Gasteiger charge is -2.14. The Labute approximate surface area is 103 Å². The van der Waals surface area contributed by atoms with Gasteiger partial charge in [0.25, 0.3) is 0 Å². The maximum atomic E-state index is 11.0. The van der Waals surface area contributed by atoms with Crippen LogP contribution < -0.4 is 5.73 Å². The van der Waals surface area contributed by atoms with E-state index in [1.54, 1.807) is 0 Å². The molecule has 1 fully saturated rings. The molecule has 1 aromatic rings. The third-order valence-electron chi connectivity index (χ3n) is 2.90. The molecule has 0 radical (unpaired) electrons. The van der Waals surface area contributed by atoms with Gasteiger partial charge in [-0.05, 0) is 12.1 Å². The summed E-state index contributed by atoms with van der Waals surface area (Å²) in [5.41, 5.74) is 5.66. The molecule has 1 aliphatic heterocycles. The lowest BCUT2D eigenvalue weighted by atomic mass is 10.0. The van der Waals surface area contributed by atoms with Crippen molar-refractivity contribution in [1.29, 1.82) is 0 Å². The van der Waals surface area contributed by atoms with E-state index in [4.69, 9.17) is 15.6 Å². The van der Waals surface area contributed by atoms with Crippen molar-refractivity contribution in [2.24, 2.45) is 5.73 Å². The second-order valence-corrected chi connectivity index (χ2v) is 4.09. The average Bonchev–Trinajstić information content (AvgIpc) is 2.66. The van der Waals surface area contributed by atoms with Crippen LogP contribution in [0.15, 0.2) is 18.3 Å². The average molecular weight is 254 g/mol. The molecule has 1 saturated heterocycles. The van der Waals surface area contributed by atoms with Gasteiger partial charge in [-0.15, -0.1) is 0 Å². The van der Waals surface area contributed by atoms with Crippen LogP contribution in [0.4, 0.5) is 0 Å². The Hall–Kier alpha value is -1.54. The molecule has 98 valence electrons. The zero-order valence-corrected chi connectivity index (χ0v) is 9.43. The SMILES string of the molecule is NC(=O)c1ccnc([C@@H]2O[C@H](CO)C(O)C2O)c1. The van der Waals surface area contributed by atoms with Gasteiger partial charge < -0.3 is 25.8 Å². The van der Waals surface area contributed by atoms with E-state index in [1.165, 1.54) is 18.3 Å². The van der Waals surface area contributed by atoms with Crippen LogP contribution in [0.2, 0.25) is 0 Å². The molecule has 2 heterocycles. The summed E-state index contributed by atoms with van der Waals surface area (Å²) in [6.45, 7) is -0.412. The van der Waals surface area contributed by atoms with E-state index >= 15 is 0 Å². The van der Waals surface area contributed by atoms with Crippen LogP contribution in [-0.4, -0.2) is 51.1 Å².